The third kappa shape index (κ3) is 5.56. The number of carbonyl (C=O) groups is 1. The molecule has 0 spiro atoms. The lowest BCUT2D eigenvalue weighted by Crippen LogP contribution is -2.22. The van der Waals surface area contributed by atoms with Crippen LogP contribution >= 0.6 is 23.3 Å². The van der Waals surface area contributed by atoms with Gasteiger partial charge in [0.05, 0.1) is 24.8 Å². The molecular weight excluding hydrogens is 394 g/mol. The fraction of sp³-hybridized carbons (Fsp3) is 0.450. The average Bonchev–Trinajstić information content (AvgIpc) is 3.41. The van der Waals surface area contributed by atoms with Crippen molar-refractivity contribution in [3.8, 4) is 5.75 Å². The molecular formula is C20H27N3O3S2. The van der Waals surface area contributed by atoms with Crippen molar-refractivity contribution in [2.45, 2.75) is 24.2 Å². The normalized spacial score (nSPS) is 14.1. The minimum Gasteiger partial charge on any atom is -0.494 e. The zero-order valence-corrected chi connectivity index (χ0v) is 18.0. The Hall–Kier alpha value is -1.90. The molecule has 1 aliphatic rings. The van der Waals surface area contributed by atoms with E-state index in [0.29, 0.717) is 4.88 Å². The lowest BCUT2D eigenvalue weighted by atomic mass is 10.2. The Morgan fingerprint density at radius 1 is 1.25 bits per heavy atom. The van der Waals surface area contributed by atoms with Crippen molar-refractivity contribution in [2.24, 2.45) is 0 Å². The van der Waals surface area contributed by atoms with Crippen molar-refractivity contribution in [3.63, 3.8) is 0 Å². The van der Waals surface area contributed by atoms with Gasteiger partial charge in [0, 0.05) is 18.3 Å². The number of nitrogens with one attached hydrogen (secondary N) is 2. The van der Waals surface area contributed by atoms with Crippen LogP contribution in [0, 0.1) is 0 Å². The molecule has 6 nitrogen and oxygen atoms in total. The first-order chi connectivity index (χ1) is 13.7. The Morgan fingerprint density at radius 3 is 2.82 bits per heavy atom. The van der Waals surface area contributed by atoms with Gasteiger partial charge >= 0.3 is 5.97 Å². The van der Waals surface area contributed by atoms with E-state index < -0.39 is 0 Å². The molecule has 2 N–H and O–H groups in total. The van der Waals surface area contributed by atoms with Gasteiger partial charge in [-0.05, 0) is 74.4 Å². The van der Waals surface area contributed by atoms with Crippen LogP contribution in [0.4, 0.5) is 11.4 Å². The average molecular weight is 422 g/mol. The van der Waals surface area contributed by atoms with E-state index in [1.165, 1.54) is 56.3 Å². The molecule has 28 heavy (non-hydrogen) atoms. The number of rotatable bonds is 10. The van der Waals surface area contributed by atoms with Gasteiger partial charge in [-0.3, -0.25) is 0 Å². The lowest BCUT2D eigenvalue weighted by Gasteiger charge is -2.16. The molecule has 1 aromatic carbocycles. The Balaban J connectivity index is 1.52. The van der Waals surface area contributed by atoms with E-state index in [0.717, 1.165) is 41.5 Å². The van der Waals surface area contributed by atoms with Crippen LogP contribution < -0.4 is 14.8 Å². The molecule has 0 bridgehead atoms. The van der Waals surface area contributed by atoms with Crippen LogP contribution in [0.5, 0.6) is 5.75 Å². The van der Waals surface area contributed by atoms with Gasteiger partial charge in [0.2, 0.25) is 0 Å². The summed E-state index contributed by atoms with van der Waals surface area (Å²) in [6, 6.07) is 7.92. The standard InChI is InChI=1S/C20H27N3O3S2/c1-25-17-14-15(21-9-5-12-23-10-3-4-11-23)6-7-16(17)22-28-18-8-13-27-19(18)20(24)26-2/h6-8,13-14,21-22H,3-5,9-12H2,1-2H3. The minimum absolute atomic E-state index is 0.320. The smallest absolute Gasteiger partial charge is 0.349 e. The molecule has 0 radical (unpaired) electrons. The van der Waals surface area contributed by atoms with Crippen LogP contribution in [0.2, 0.25) is 0 Å². The number of benzene rings is 1. The first kappa shape index (κ1) is 20.8. The zero-order valence-electron chi connectivity index (χ0n) is 16.3. The summed E-state index contributed by atoms with van der Waals surface area (Å²) in [5.74, 6) is 0.437. The van der Waals surface area contributed by atoms with E-state index in [1.807, 2.05) is 29.6 Å². The van der Waals surface area contributed by atoms with Crippen molar-refractivity contribution < 1.29 is 14.3 Å². The molecule has 0 atom stereocenters. The Kier molecular flexibility index (Phi) is 7.88. The van der Waals surface area contributed by atoms with Gasteiger partial charge in [0.15, 0.2) is 0 Å². The number of esters is 1. The number of hydrogen-bond donors (Lipinski definition) is 2. The summed E-state index contributed by atoms with van der Waals surface area (Å²) in [7, 11) is 3.05. The van der Waals surface area contributed by atoms with Crippen LogP contribution in [-0.4, -0.2) is 51.3 Å². The molecule has 2 aromatic rings. The maximum atomic E-state index is 11.8. The summed E-state index contributed by atoms with van der Waals surface area (Å²) < 4.78 is 13.6. The van der Waals surface area contributed by atoms with E-state index in [-0.39, 0.29) is 5.97 Å². The highest BCUT2D eigenvalue weighted by Crippen LogP contribution is 2.34. The minimum atomic E-state index is -0.320. The van der Waals surface area contributed by atoms with Crippen molar-refractivity contribution in [1.82, 2.24) is 4.90 Å². The summed E-state index contributed by atoms with van der Waals surface area (Å²) >= 11 is 2.75. The topological polar surface area (TPSA) is 62.8 Å². The third-order valence-electron chi connectivity index (χ3n) is 4.65. The number of nitrogens with zero attached hydrogens (tertiary/aromatic N) is 1. The highest BCUT2D eigenvalue weighted by atomic mass is 32.2. The number of hydrogen-bond acceptors (Lipinski definition) is 8. The van der Waals surface area contributed by atoms with Gasteiger partial charge in [-0.1, -0.05) is 0 Å². The first-order valence-corrected chi connectivity index (χ1v) is 11.1. The van der Waals surface area contributed by atoms with E-state index >= 15 is 0 Å². The molecule has 1 fully saturated rings. The molecule has 0 aliphatic carbocycles. The Bertz CT molecular complexity index is 776. The SMILES string of the molecule is COC(=O)c1sccc1SNc1ccc(NCCCN2CCCC2)cc1OC. The molecule has 1 saturated heterocycles. The first-order valence-electron chi connectivity index (χ1n) is 9.44. The summed E-state index contributed by atoms with van der Waals surface area (Å²) in [6.07, 6.45) is 3.81. The maximum Gasteiger partial charge on any atom is 0.349 e. The van der Waals surface area contributed by atoms with Gasteiger partial charge < -0.3 is 24.4 Å². The predicted octanol–water partition coefficient (Wildman–Crippen LogP) is 4.56. The summed E-state index contributed by atoms with van der Waals surface area (Å²) in [5, 5.41) is 5.35. The van der Waals surface area contributed by atoms with Crippen molar-refractivity contribution in [3.05, 3.63) is 34.5 Å². The summed E-state index contributed by atoms with van der Waals surface area (Å²) in [4.78, 5) is 15.8. The van der Waals surface area contributed by atoms with Gasteiger partial charge in [0.1, 0.15) is 10.6 Å². The van der Waals surface area contributed by atoms with Crippen LogP contribution in [0.1, 0.15) is 28.9 Å². The predicted molar refractivity (Wildman–Crippen MR) is 117 cm³/mol. The summed E-state index contributed by atoms with van der Waals surface area (Å²) in [6.45, 7) is 4.59. The number of anilines is 2. The van der Waals surface area contributed by atoms with Gasteiger partial charge in [-0.2, -0.15) is 0 Å². The van der Waals surface area contributed by atoms with E-state index in [2.05, 4.69) is 14.9 Å². The number of thiophene rings is 1. The molecule has 1 aliphatic heterocycles. The largest absolute Gasteiger partial charge is 0.494 e. The summed E-state index contributed by atoms with van der Waals surface area (Å²) in [5.41, 5.74) is 1.90. The van der Waals surface area contributed by atoms with Crippen molar-refractivity contribution in [1.29, 1.82) is 0 Å². The molecule has 1 aromatic heterocycles. The van der Waals surface area contributed by atoms with Gasteiger partial charge in [-0.25, -0.2) is 4.79 Å². The maximum absolute atomic E-state index is 11.8. The number of methoxy groups -OCH3 is 2. The lowest BCUT2D eigenvalue weighted by molar-refractivity contribution is 0.0603. The van der Waals surface area contributed by atoms with Gasteiger partial charge in [0.25, 0.3) is 0 Å². The van der Waals surface area contributed by atoms with E-state index in [4.69, 9.17) is 9.47 Å². The van der Waals surface area contributed by atoms with E-state index in [1.54, 1.807) is 7.11 Å². The van der Waals surface area contributed by atoms with Crippen LogP contribution in [0.15, 0.2) is 34.5 Å². The van der Waals surface area contributed by atoms with Crippen LogP contribution in [-0.2, 0) is 4.74 Å². The molecule has 3 rings (SSSR count). The molecule has 8 heteroatoms. The van der Waals surface area contributed by atoms with Crippen molar-refractivity contribution >= 4 is 40.6 Å². The van der Waals surface area contributed by atoms with E-state index in [9.17, 15) is 4.79 Å². The monoisotopic (exact) mass is 421 g/mol. The second-order valence-electron chi connectivity index (χ2n) is 6.55. The fourth-order valence-corrected chi connectivity index (χ4v) is 4.92. The van der Waals surface area contributed by atoms with Gasteiger partial charge in [-0.15, -0.1) is 11.3 Å². The van der Waals surface area contributed by atoms with Crippen molar-refractivity contribution in [2.75, 3.05) is 50.4 Å². The molecule has 0 saturated carbocycles. The second-order valence-corrected chi connectivity index (χ2v) is 8.32. The quantitative estimate of drug-likeness (QED) is 0.331. The van der Waals surface area contributed by atoms with Crippen LogP contribution in [0.3, 0.4) is 0 Å². The number of carbonyl (C=O) groups excluding carboxylic acids is 1. The van der Waals surface area contributed by atoms with Crippen LogP contribution in [0.25, 0.3) is 0 Å². The third-order valence-corrected chi connectivity index (χ3v) is 6.56. The molecule has 152 valence electrons. The number of likely N-dealkylation sites (tertiary alicyclic amines) is 1. The molecule has 2 heterocycles. The zero-order chi connectivity index (χ0) is 19.8. The number of ether oxygens (including phenoxy) is 2. The highest BCUT2D eigenvalue weighted by Gasteiger charge is 2.15. The fourth-order valence-electron chi connectivity index (χ4n) is 3.16. The Morgan fingerprint density at radius 2 is 2.07 bits per heavy atom. The molecule has 0 amide bonds. The highest BCUT2D eigenvalue weighted by molar-refractivity contribution is 8.00. The second kappa shape index (κ2) is 10.6. The Labute approximate surface area is 174 Å². The molecule has 0 unspecified atom stereocenters.